The summed E-state index contributed by atoms with van der Waals surface area (Å²) in [4.78, 5) is 0. The lowest BCUT2D eigenvalue weighted by Gasteiger charge is -2.23. The lowest BCUT2D eigenvalue weighted by Crippen LogP contribution is -2.39. The maximum atomic E-state index is 6.24. The molecule has 0 aromatic heterocycles. The Morgan fingerprint density at radius 1 is 1.22 bits per heavy atom. The fourth-order valence-corrected chi connectivity index (χ4v) is 2.70. The van der Waals surface area contributed by atoms with Crippen molar-refractivity contribution in [2.24, 2.45) is 0 Å². The van der Waals surface area contributed by atoms with Crippen molar-refractivity contribution in [3.63, 3.8) is 0 Å². The molecule has 0 radical (unpaired) electrons. The van der Waals surface area contributed by atoms with Crippen LogP contribution in [0.2, 0.25) is 0 Å². The van der Waals surface area contributed by atoms with Crippen LogP contribution in [0.15, 0.2) is 24.3 Å². The highest BCUT2D eigenvalue weighted by Crippen LogP contribution is 2.27. The molecule has 1 aliphatic carbocycles. The SMILES string of the molecule is CCCNC1CCCC1Oc1ccccc1CC. The smallest absolute Gasteiger partial charge is 0.122 e. The van der Waals surface area contributed by atoms with Crippen LogP contribution in [0.1, 0.15) is 45.1 Å². The van der Waals surface area contributed by atoms with Crippen LogP contribution in [0.5, 0.6) is 5.75 Å². The van der Waals surface area contributed by atoms with Crippen LogP contribution in [-0.2, 0) is 6.42 Å². The van der Waals surface area contributed by atoms with E-state index in [4.69, 9.17) is 4.74 Å². The van der Waals surface area contributed by atoms with Gasteiger partial charge in [0.15, 0.2) is 0 Å². The number of aryl methyl sites for hydroxylation is 1. The fourth-order valence-electron chi connectivity index (χ4n) is 2.70. The van der Waals surface area contributed by atoms with Crippen LogP contribution in [0.4, 0.5) is 0 Å². The van der Waals surface area contributed by atoms with Crippen molar-refractivity contribution in [1.29, 1.82) is 0 Å². The Morgan fingerprint density at radius 3 is 2.83 bits per heavy atom. The first kappa shape index (κ1) is 13.4. The standard InChI is InChI=1S/C16H25NO/c1-3-12-17-14-9-7-11-16(14)18-15-10-6-5-8-13(15)4-2/h5-6,8,10,14,16-17H,3-4,7,9,11-12H2,1-2H3. The molecule has 0 amide bonds. The Labute approximate surface area is 111 Å². The summed E-state index contributed by atoms with van der Waals surface area (Å²) < 4.78 is 6.24. The van der Waals surface area contributed by atoms with Gasteiger partial charge < -0.3 is 10.1 Å². The van der Waals surface area contributed by atoms with Gasteiger partial charge in [-0.25, -0.2) is 0 Å². The van der Waals surface area contributed by atoms with Crippen molar-refractivity contribution in [3.8, 4) is 5.75 Å². The second-order valence-electron chi connectivity index (χ2n) is 5.11. The number of hydrogen-bond donors (Lipinski definition) is 1. The van der Waals surface area contributed by atoms with E-state index in [-0.39, 0.29) is 0 Å². The third-order valence-corrected chi connectivity index (χ3v) is 3.74. The van der Waals surface area contributed by atoms with Crippen LogP contribution < -0.4 is 10.1 Å². The third kappa shape index (κ3) is 3.26. The van der Waals surface area contributed by atoms with E-state index in [1.54, 1.807) is 0 Å². The number of ether oxygens (including phenoxy) is 1. The van der Waals surface area contributed by atoms with E-state index in [1.807, 2.05) is 0 Å². The minimum atomic E-state index is 0.351. The Bertz CT molecular complexity index is 364. The molecule has 2 heteroatoms. The van der Waals surface area contributed by atoms with E-state index >= 15 is 0 Å². The Balaban J connectivity index is 1.99. The van der Waals surface area contributed by atoms with Crippen molar-refractivity contribution < 1.29 is 4.74 Å². The molecule has 2 nitrogen and oxygen atoms in total. The highest BCUT2D eigenvalue weighted by Gasteiger charge is 2.28. The summed E-state index contributed by atoms with van der Waals surface area (Å²) in [5.74, 6) is 1.08. The Hall–Kier alpha value is -1.02. The highest BCUT2D eigenvalue weighted by atomic mass is 16.5. The van der Waals surface area contributed by atoms with Gasteiger partial charge in [0.1, 0.15) is 11.9 Å². The second kappa shape index (κ2) is 6.79. The summed E-state index contributed by atoms with van der Waals surface area (Å²) in [5.41, 5.74) is 1.32. The molecular formula is C16H25NO. The maximum Gasteiger partial charge on any atom is 0.122 e. The van der Waals surface area contributed by atoms with Gasteiger partial charge in [0.05, 0.1) is 0 Å². The van der Waals surface area contributed by atoms with Crippen LogP contribution in [-0.4, -0.2) is 18.7 Å². The largest absolute Gasteiger partial charge is 0.489 e. The molecule has 0 bridgehead atoms. The minimum absolute atomic E-state index is 0.351. The first-order valence-electron chi connectivity index (χ1n) is 7.33. The Kier molecular flexibility index (Phi) is 5.06. The molecule has 1 fully saturated rings. The molecule has 1 aromatic carbocycles. The van der Waals surface area contributed by atoms with Gasteiger partial charge in [-0.3, -0.25) is 0 Å². The van der Waals surface area contributed by atoms with Crippen LogP contribution in [0.3, 0.4) is 0 Å². The average Bonchev–Trinajstić information content (AvgIpc) is 2.84. The van der Waals surface area contributed by atoms with Crippen molar-refractivity contribution in [3.05, 3.63) is 29.8 Å². The molecule has 0 heterocycles. The van der Waals surface area contributed by atoms with Gasteiger partial charge in [-0.1, -0.05) is 32.0 Å². The van der Waals surface area contributed by atoms with E-state index < -0.39 is 0 Å². The summed E-state index contributed by atoms with van der Waals surface area (Å²) in [6.45, 7) is 5.49. The summed E-state index contributed by atoms with van der Waals surface area (Å²) >= 11 is 0. The number of rotatable bonds is 6. The molecule has 1 N–H and O–H groups in total. The summed E-state index contributed by atoms with van der Waals surface area (Å²) in [6.07, 6.45) is 6.29. The van der Waals surface area contributed by atoms with Gasteiger partial charge in [0, 0.05) is 6.04 Å². The quantitative estimate of drug-likeness (QED) is 0.830. The van der Waals surface area contributed by atoms with Crippen LogP contribution in [0.25, 0.3) is 0 Å². The maximum absolute atomic E-state index is 6.24. The molecule has 1 saturated carbocycles. The Morgan fingerprint density at radius 2 is 2.06 bits per heavy atom. The molecule has 0 aliphatic heterocycles. The monoisotopic (exact) mass is 247 g/mol. The predicted molar refractivity (Wildman–Crippen MR) is 76.2 cm³/mol. The summed E-state index contributed by atoms with van der Waals surface area (Å²) in [5, 5.41) is 3.61. The molecule has 2 atom stereocenters. The molecule has 2 unspecified atom stereocenters. The molecule has 2 rings (SSSR count). The zero-order valence-corrected chi connectivity index (χ0v) is 11.6. The molecule has 0 spiro atoms. The lowest BCUT2D eigenvalue weighted by molar-refractivity contribution is 0.173. The third-order valence-electron chi connectivity index (χ3n) is 3.74. The number of hydrogen-bond acceptors (Lipinski definition) is 2. The van der Waals surface area contributed by atoms with Gasteiger partial charge in [-0.15, -0.1) is 0 Å². The van der Waals surface area contributed by atoms with Crippen LogP contribution >= 0.6 is 0 Å². The molecule has 0 saturated heterocycles. The van der Waals surface area contributed by atoms with Gasteiger partial charge in [0.25, 0.3) is 0 Å². The highest BCUT2D eigenvalue weighted by molar-refractivity contribution is 5.33. The van der Waals surface area contributed by atoms with E-state index in [0.717, 1.165) is 18.7 Å². The summed E-state index contributed by atoms with van der Waals surface area (Å²) in [6, 6.07) is 8.97. The number of para-hydroxylation sites is 1. The van der Waals surface area contributed by atoms with Crippen LogP contribution in [0, 0.1) is 0 Å². The van der Waals surface area contributed by atoms with Gasteiger partial charge in [-0.05, 0) is 50.3 Å². The van der Waals surface area contributed by atoms with E-state index in [2.05, 4.69) is 43.4 Å². The molecular weight excluding hydrogens is 222 g/mol. The zero-order valence-electron chi connectivity index (χ0n) is 11.6. The molecule has 1 aromatic rings. The van der Waals surface area contributed by atoms with Gasteiger partial charge in [0.2, 0.25) is 0 Å². The van der Waals surface area contributed by atoms with Crippen molar-refractivity contribution in [2.75, 3.05) is 6.54 Å². The fraction of sp³-hybridized carbons (Fsp3) is 0.625. The zero-order chi connectivity index (χ0) is 12.8. The van der Waals surface area contributed by atoms with E-state index in [1.165, 1.54) is 31.2 Å². The minimum Gasteiger partial charge on any atom is -0.489 e. The normalized spacial score (nSPS) is 23.2. The van der Waals surface area contributed by atoms with Gasteiger partial charge >= 0.3 is 0 Å². The lowest BCUT2D eigenvalue weighted by atomic mass is 10.1. The van der Waals surface area contributed by atoms with E-state index in [0.29, 0.717) is 12.1 Å². The van der Waals surface area contributed by atoms with Crippen molar-refractivity contribution in [1.82, 2.24) is 5.32 Å². The van der Waals surface area contributed by atoms with Crippen molar-refractivity contribution >= 4 is 0 Å². The predicted octanol–water partition coefficient (Wildman–Crippen LogP) is 3.55. The molecule has 1 aliphatic rings. The number of nitrogens with one attached hydrogen (secondary N) is 1. The topological polar surface area (TPSA) is 21.3 Å². The van der Waals surface area contributed by atoms with E-state index in [9.17, 15) is 0 Å². The van der Waals surface area contributed by atoms with Crippen molar-refractivity contribution in [2.45, 2.75) is 58.1 Å². The number of benzene rings is 1. The second-order valence-corrected chi connectivity index (χ2v) is 5.11. The molecule has 18 heavy (non-hydrogen) atoms. The van der Waals surface area contributed by atoms with Gasteiger partial charge in [-0.2, -0.15) is 0 Å². The first-order chi connectivity index (χ1) is 8.85. The molecule has 100 valence electrons. The summed E-state index contributed by atoms with van der Waals surface area (Å²) in [7, 11) is 0. The average molecular weight is 247 g/mol. The first-order valence-corrected chi connectivity index (χ1v) is 7.33.